The van der Waals surface area contributed by atoms with Gasteiger partial charge in [0.05, 0.1) is 11.6 Å². The van der Waals surface area contributed by atoms with E-state index in [0.717, 1.165) is 35.5 Å². The Labute approximate surface area is 185 Å². The fourth-order valence-electron chi connectivity index (χ4n) is 4.18. The molecule has 2 aromatic carbocycles. The summed E-state index contributed by atoms with van der Waals surface area (Å²) in [6, 6.07) is 13.0. The van der Waals surface area contributed by atoms with Crippen LogP contribution in [-0.4, -0.2) is 29.9 Å². The molecule has 1 aliphatic heterocycles. The Morgan fingerprint density at radius 2 is 1.68 bits per heavy atom. The number of Topliss-reactive ketones (excluding diaryl/α,β-unsaturated/α-hetero) is 1. The predicted molar refractivity (Wildman–Crippen MR) is 126 cm³/mol. The van der Waals surface area contributed by atoms with E-state index in [1.165, 1.54) is 0 Å². The normalized spacial score (nSPS) is 16.4. The van der Waals surface area contributed by atoms with Crippen molar-refractivity contribution >= 4 is 23.1 Å². The van der Waals surface area contributed by atoms with Crippen LogP contribution in [0.3, 0.4) is 0 Å². The zero-order valence-corrected chi connectivity index (χ0v) is 19.3. The molecule has 1 heterocycles. The second-order valence-corrected chi connectivity index (χ2v) is 8.34. The third-order valence-electron chi connectivity index (χ3n) is 6.17. The van der Waals surface area contributed by atoms with Crippen molar-refractivity contribution in [3.8, 4) is 0 Å². The van der Waals surface area contributed by atoms with Gasteiger partial charge in [0, 0.05) is 30.4 Å². The summed E-state index contributed by atoms with van der Waals surface area (Å²) in [6.07, 6.45) is 0. The number of hydrogen-bond donors (Lipinski definition) is 1. The first-order chi connectivity index (χ1) is 14.7. The Hall–Kier alpha value is -3.08. The van der Waals surface area contributed by atoms with Crippen LogP contribution in [0.1, 0.15) is 50.4 Å². The minimum Gasteiger partial charge on any atom is -0.503 e. The molecule has 5 heteroatoms. The van der Waals surface area contributed by atoms with Gasteiger partial charge in [-0.05, 0) is 62.6 Å². The molecule has 0 aliphatic carbocycles. The Balaban J connectivity index is 2.17. The van der Waals surface area contributed by atoms with Crippen LogP contribution in [0, 0.1) is 19.8 Å². The van der Waals surface area contributed by atoms with Crippen LogP contribution in [0.5, 0.6) is 0 Å². The highest BCUT2D eigenvalue weighted by atomic mass is 16.3. The summed E-state index contributed by atoms with van der Waals surface area (Å²) in [5, 5.41) is 10.8. The number of aliphatic hydroxyl groups is 1. The van der Waals surface area contributed by atoms with Gasteiger partial charge in [0.15, 0.2) is 11.5 Å². The van der Waals surface area contributed by atoms with E-state index in [1.807, 2.05) is 56.3 Å². The molecule has 1 amide bonds. The van der Waals surface area contributed by atoms with E-state index in [2.05, 4.69) is 18.7 Å². The predicted octanol–water partition coefficient (Wildman–Crippen LogP) is 5.27. The lowest BCUT2D eigenvalue weighted by Gasteiger charge is -2.29. The molecule has 2 aromatic rings. The number of carbonyl (C=O) groups is 2. The highest BCUT2D eigenvalue weighted by Gasteiger charge is 2.45. The Kier molecular flexibility index (Phi) is 6.54. The van der Waals surface area contributed by atoms with Crippen LogP contribution in [0.2, 0.25) is 0 Å². The smallest absolute Gasteiger partial charge is 0.294 e. The second-order valence-electron chi connectivity index (χ2n) is 8.34. The van der Waals surface area contributed by atoms with Crippen LogP contribution in [0.4, 0.5) is 11.4 Å². The maximum Gasteiger partial charge on any atom is 0.294 e. The van der Waals surface area contributed by atoms with Crippen molar-refractivity contribution in [1.82, 2.24) is 0 Å². The Bertz CT molecular complexity index is 1020. The van der Waals surface area contributed by atoms with Crippen LogP contribution < -0.4 is 9.80 Å². The lowest BCUT2D eigenvalue weighted by atomic mass is 9.90. The van der Waals surface area contributed by atoms with Gasteiger partial charge in [0.1, 0.15) is 0 Å². The number of hydrogen-bond acceptors (Lipinski definition) is 4. The van der Waals surface area contributed by atoms with Gasteiger partial charge >= 0.3 is 0 Å². The van der Waals surface area contributed by atoms with Gasteiger partial charge < -0.3 is 10.0 Å². The molecule has 0 fully saturated rings. The number of rotatable bonds is 7. The molecule has 0 bridgehead atoms. The lowest BCUT2D eigenvalue weighted by Crippen LogP contribution is -2.32. The highest BCUT2D eigenvalue weighted by molar-refractivity contribution is 6.17. The third-order valence-corrected chi connectivity index (χ3v) is 6.17. The summed E-state index contributed by atoms with van der Waals surface area (Å²) in [4.78, 5) is 30.1. The monoisotopic (exact) mass is 420 g/mol. The third kappa shape index (κ3) is 3.97. The summed E-state index contributed by atoms with van der Waals surface area (Å²) in [7, 11) is 0. The molecule has 0 radical (unpaired) electrons. The maximum atomic E-state index is 13.2. The first kappa shape index (κ1) is 22.6. The van der Waals surface area contributed by atoms with Crippen molar-refractivity contribution in [1.29, 1.82) is 0 Å². The number of ketones is 1. The van der Waals surface area contributed by atoms with Gasteiger partial charge in [0.2, 0.25) is 0 Å². The molecule has 0 saturated heterocycles. The van der Waals surface area contributed by atoms with Gasteiger partial charge in [-0.15, -0.1) is 0 Å². The second kappa shape index (κ2) is 8.96. The zero-order valence-electron chi connectivity index (χ0n) is 19.3. The zero-order chi connectivity index (χ0) is 22.9. The first-order valence-corrected chi connectivity index (χ1v) is 10.9. The Morgan fingerprint density at radius 3 is 2.23 bits per heavy atom. The molecule has 0 aromatic heterocycles. The van der Waals surface area contributed by atoms with E-state index in [9.17, 15) is 14.7 Å². The van der Waals surface area contributed by atoms with Crippen LogP contribution in [0.25, 0.3) is 0 Å². The van der Waals surface area contributed by atoms with Gasteiger partial charge in [-0.25, -0.2) is 0 Å². The van der Waals surface area contributed by atoms with Crippen molar-refractivity contribution < 1.29 is 14.7 Å². The summed E-state index contributed by atoms with van der Waals surface area (Å²) in [5.74, 6) is -1.52. The summed E-state index contributed by atoms with van der Waals surface area (Å²) in [6.45, 7) is 13.5. The van der Waals surface area contributed by atoms with Crippen LogP contribution in [-0.2, 0) is 9.59 Å². The fourth-order valence-corrected chi connectivity index (χ4v) is 4.18. The molecule has 5 nitrogen and oxygen atoms in total. The number of carbonyl (C=O) groups excluding carboxylic acids is 2. The van der Waals surface area contributed by atoms with Gasteiger partial charge in [-0.1, -0.05) is 38.1 Å². The molecule has 1 unspecified atom stereocenters. The molecule has 31 heavy (non-hydrogen) atoms. The van der Waals surface area contributed by atoms with Crippen molar-refractivity contribution in [2.45, 2.75) is 47.6 Å². The number of nitrogens with zero attached hydrogens (tertiary/aromatic N) is 2. The van der Waals surface area contributed by atoms with E-state index in [-0.39, 0.29) is 17.3 Å². The molecule has 1 aliphatic rings. The number of benzene rings is 2. The van der Waals surface area contributed by atoms with E-state index in [4.69, 9.17) is 0 Å². The number of anilines is 2. The fraction of sp³-hybridized carbons (Fsp3) is 0.385. The minimum absolute atomic E-state index is 0.177. The molecule has 0 spiro atoms. The van der Waals surface area contributed by atoms with E-state index in [0.29, 0.717) is 5.69 Å². The van der Waals surface area contributed by atoms with Gasteiger partial charge in [-0.2, -0.15) is 0 Å². The first-order valence-electron chi connectivity index (χ1n) is 10.9. The number of aliphatic hydroxyl groups excluding tert-OH is 1. The molecular formula is C26H32N2O3. The molecule has 164 valence electrons. The molecule has 0 saturated carbocycles. The topological polar surface area (TPSA) is 60.9 Å². The maximum absolute atomic E-state index is 13.2. The lowest BCUT2D eigenvalue weighted by molar-refractivity contribution is -0.119. The van der Waals surface area contributed by atoms with Gasteiger partial charge in [-0.3, -0.25) is 14.5 Å². The van der Waals surface area contributed by atoms with Crippen molar-refractivity contribution in [2.24, 2.45) is 5.92 Å². The van der Waals surface area contributed by atoms with Crippen LogP contribution in [0.15, 0.2) is 53.8 Å². The average Bonchev–Trinajstić information content (AvgIpc) is 3.01. The molecule has 1 N–H and O–H groups in total. The van der Waals surface area contributed by atoms with Crippen molar-refractivity contribution in [3.63, 3.8) is 0 Å². The highest BCUT2D eigenvalue weighted by Crippen LogP contribution is 2.43. The summed E-state index contributed by atoms with van der Waals surface area (Å²) >= 11 is 0. The quantitative estimate of drug-likeness (QED) is 0.662. The number of aryl methyl sites for hydroxylation is 1. The summed E-state index contributed by atoms with van der Waals surface area (Å²) in [5.41, 5.74) is 4.77. The molecule has 3 rings (SSSR count). The van der Waals surface area contributed by atoms with Crippen molar-refractivity contribution in [3.05, 3.63) is 70.5 Å². The van der Waals surface area contributed by atoms with Gasteiger partial charge in [0.25, 0.3) is 5.91 Å². The largest absolute Gasteiger partial charge is 0.503 e. The molecular weight excluding hydrogens is 388 g/mol. The van der Waals surface area contributed by atoms with E-state index >= 15 is 0 Å². The Morgan fingerprint density at radius 1 is 1.06 bits per heavy atom. The standard InChI is InChI=1S/C26H32N2O3/c1-7-27(8-2)20-14-12-19(13-15-20)23-22(24(29)16(3)4)25(30)26(31)28(23)21-11-9-10-17(5)18(21)6/h9-16,23,30H,7-8H2,1-6H3. The van der Waals surface area contributed by atoms with Crippen molar-refractivity contribution in [2.75, 3.05) is 22.9 Å². The summed E-state index contributed by atoms with van der Waals surface area (Å²) < 4.78 is 0. The van der Waals surface area contributed by atoms with E-state index < -0.39 is 17.7 Å². The van der Waals surface area contributed by atoms with E-state index in [1.54, 1.807) is 18.7 Å². The SMILES string of the molecule is CCN(CC)c1ccc(C2C(C(=O)C(C)C)=C(O)C(=O)N2c2cccc(C)c2C)cc1. The minimum atomic E-state index is -0.659. The van der Waals surface area contributed by atoms with Crippen LogP contribution >= 0.6 is 0 Å². The number of amides is 1. The average molecular weight is 421 g/mol. The molecule has 1 atom stereocenters.